The van der Waals surface area contributed by atoms with Crippen LogP contribution in [0.4, 0.5) is 5.69 Å². The lowest BCUT2D eigenvalue weighted by molar-refractivity contribution is 0.678. The van der Waals surface area contributed by atoms with Crippen molar-refractivity contribution < 1.29 is 4.21 Å². The number of rotatable bonds is 6. The maximum atomic E-state index is 12.4. The molecule has 5 heteroatoms. The van der Waals surface area contributed by atoms with Crippen molar-refractivity contribution in [2.75, 3.05) is 4.72 Å². The molecule has 25 heavy (non-hydrogen) atoms. The smallest absolute Gasteiger partial charge is 0.251 e. The summed E-state index contributed by atoms with van der Waals surface area (Å²) in [5, 5.41) is 0.963. The summed E-state index contributed by atoms with van der Waals surface area (Å²) in [7, 11) is -1.20. The lowest BCUT2D eigenvalue weighted by atomic mass is 10.2. The van der Waals surface area contributed by atoms with Crippen LogP contribution in [0.15, 0.2) is 59.4 Å². The number of aryl methyl sites for hydroxylation is 2. The van der Waals surface area contributed by atoms with Crippen LogP contribution in [0.25, 0.3) is 10.9 Å². The first-order valence-electron chi connectivity index (χ1n) is 8.41. The largest absolute Gasteiger partial charge is 0.308 e. The van der Waals surface area contributed by atoms with E-state index in [9.17, 15) is 9.00 Å². The molecule has 3 aromatic rings. The van der Waals surface area contributed by atoms with Gasteiger partial charge in [0.15, 0.2) is 0 Å². The second-order valence-electron chi connectivity index (χ2n) is 6.17. The van der Waals surface area contributed by atoms with Crippen LogP contribution in [-0.4, -0.2) is 8.78 Å². The van der Waals surface area contributed by atoms with Gasteiger partial charge in [-0.25, -0.2) is 4.21 Å². The molecule has 3 rings (SSSR count). The molecule has 1 N–H and O–H groups in total. The lowest BCUT2D eigenvalue weighted by Gasteiger charge is -2.11. The van der Waals surface area contributed by atoms with E-state index in [4.69, 9.17) is 0 Å². The van der Waals surface area contributed by atoms with Gasteiger partial charge in [-0.2, -0.15) is 0 Å². The molecule has 0 bridgehead atoms. The summed E-state index contributed by atoms with van der Waals surface area (Å²) >= 11 is 0. The Morgan fingerprint density at radius 2 is 1.80 bits per heavy atom. The van der Waals surface area contributed by atoms with Crippen LogP contribution >= 0.6 is 0 Å². The molecular formula is C20H22N2O2S. The topological polar surface area (TPSA) is 51.1 Å². The molecule has 0 aliphatic rings. The van der Waals surface area contributed by atoms with E-state index in [1.54, 1.807) is 10.6 Å². The lowest BCUT2D eigenvalue weighted by Crippen LogP contribution is -2.19. The van der Waals surface area contributed by atoms with Crippen LogP contribution in [0.2, 0.25) is 0 Å². The van der Waals surface area contributed by atoms with Gasteiger partial charge in [0.2, 0.25) is 0 Å². The molecule has 0 spiro atoms. The summed E-state index contributed by atoms with van der Waals surface area (Å²) in [5.74, 6) is 0.452. The summed E-state index contributed by atoms with van der Waals surface area (Å²) < 4.78 is 17.2. The van der Waals surface area contributed by atoms with E-state index in [2.05, 4.69) is 11.6 Å². The van der Waals surface area contributed by atoms with Gasteiger partial charge in [0.05, 0.1) is 11.3 Å². The van der Waals surface area contributed by atoms with Crippen molar-refractivity contribution >= 4 is 27.6 Å². The monoisotopic (exact) mass is 354 g/mol. The summed E-state index contributed by atoms with van der Waals surface area (Å²) in [6.07, 6.45) is 0.902. The number of benzene rings is 2. The number of aromatic nitrogens is 1. The van der Waals surface area contributed by atoms with Crippen molar-refractivity contribution in [3.8, 4) is 0 Å². The molecule has 0 fully saturated rings. The van der Waals surface area contributed by atoms with Gasteiger partial charge in [0, 0.05) is 23.7 Å². The first-order chi connectivity index (χ1) is 12.1. The Hall–Kier alpha value is -2.40. The van der Waals surface area contributed by atoms with Crippen molar-refractivity contribution in [2.45, 2.75) is 32.6 Å². The van der Waals surface area contributed by atoms with E-state index in [0.29, 0.717) is 12.3 Å². The van der Waals surface area contributed by atoms with E-state index >= 15 is 0 Å². The molecule has 1 heterocycles. The minimum absolute atomic E-state index is 0.0120. The van der Waals surface area contributed by atoms with Crippen LogP contribution in [0.1, 0.15) is 24.5 Å². The van der Waals surface area contributed by atoms with Gasteiger partial charge in [-0.1, -0.05) is 36.8 Å². The normalized spacial score (nSPS) is 12.2. The van der Waals surface area contributed by atoms with Gasteiger partial charge in [-0.3, -0.25) is 4.79 Å². The second kappa shape index (κ2) is 7.66. The standard InChI is InChI=1S/C20H22N2O2S/c1-3-12-22-19-10-9-18(13-17(19)8-11-20(22)23)21-25(24)14-16-6-4-15(2)5-7-16/h4-11,13,21H,3,12,14H2,1-2H3. The molecule has 0 saturated heterocycles. The summed E-state index contributed by atoms with van der Waals surface area (Å²) in [6, 6.07) is 17.2. The number of pyridine rings is 1. The highest BCUT2D eigenvalue weighted by Crippen LogP contribution is 2.19. The molecule has 4 nitrogen and oxygen atoms in total. The number of nitrogens with one attached hydrogen (secondary N) is 1. The zero-order valence-electron chi connectivity index (χ0n) is 14.5. The molecule has 0 saturated carbocycles. The fraction of sp³-hybridized carbons (Fsp3) is 0.250. The summed E-state index contributed by atoms with van der Waals surface area (Å²) in [6.45, 7) is 4.78. The Bertz CT molecular complexity index is 962. The first kappa shape index (κ1) is 17.4. The highest BCUT2D eigenvalue weighted by molar-refractivity contribution is 7.85. The Labute approximate surface area is 150 Å². The summed E-state index contributed by atoms with van der Waals surface area (Å²) in [4.78, 5) is 12.0. The predicted octanol–water partition coefficient (Wildman–Crippen LogP) is 4.00. The van der Waals surface area contributed by atoms with E-state index in [-0.39, 0.29) is 5.56 Å². The van der Waals surface area contributed by atoms with Crippen molar-refractivity contribution in [1.82, 2.24) is 4.57 Å². The van der Waals surface area contributed by atoms with Crippen molar-refractivity contribution in [2.24, 2.45) is 0 Å². The zero-order chi connectivity index (χ0) is 17.8. The number of anilines is 1. The maximum Gasteiger partial charge on any atom is 0.251 e. The van der Waals surface area contributed by atoms with Crippen LogP contribution in [0, 0.1) is 6.92 Å². The predicted molar refractivity (Wildman–Crippen MR) is 105 cm³/mol. The van der Waals surface area contributed by atoms with Gasteiger partial charge >= 0.3 is 0 Å². The fourth-order valence-corrected chi connectivity index (χ4v) is 3.78. The number of hydrogen-bond acceptors (Lipinski definition) is 2. The molecule has 0 radical (unpaired) electrons. The van der Waals surface area contributed by atoms with Gasteiger partial charge in [-0.15, -0.1) is 0 Å². The molecule has 1 aromatic heterocycles. The van der Waals surface area contributed by atoms with Crippen molar-refractivity contribution in [1.29, 1.82) is 0 Å². The summed E-state index contributed by atoms with van der Waals surface area (Å²) in [5.41, 5.74) is 3.94. The van der Waals surface area contributed by atoms with Crippen LogP contribution in [0.3, 0.4) is 0 Å². The molecule has 130 valence electrons. The highest BCUT2D eigenvalue weighted by atomic mass is 32.2. The number of fused-ring (bicyclic) bond motifs is 1. The van der Waals surface area contributed by atoms with Gasteiger partial charge in [-0.05, 0) is 43.2 Å². The maximum absolute atomic E-state index is 12.4. The van der Waals surface area contributed by atoms with Crippen LogP contribution in [-0.2, 0) is 23.3 Å². The number of nitrogens with zero attached hydrogens (tertiary/aromatic N) is 1. The Kier molecular flexibility index (Phi) is 5.34. The molecule has 0 amide bonds. The quantitative estimate of drug-likeness (QED) is 0.727. The van der Waals surface area contributed by atoms with Gasteiger partial charge in [0.25, 0.3) is 5.56 Å². The van der Waals surface area contributed by atoms with E-state index < -0.39 is 11.0 Å². The molecule has 2 aromatic carbocycles. The Balaban J connectivity index is 1.80. The minimum atomic E-state index is -1.20. The van der Waals surface area contributed by atoms with Crippen LogP contribution < -0.4 is 10.3 Å². The van der Waals surface area contributed by atoms with Crippen molar-refractivity contribution in [3.05, 3.63) is 76.1 Å². The molecule has 0 aliphatic heterocycles. The highest BCUT2D eigenvalue weighted by Gasteiger charge is 2.06. The number of hydrogen-bond donors (Lipinski definition) is 1. The molecule has 0 aliphatic carbocycles. The van der Waals surface area contributed by atoms with Gasteiger partial charge < -0.3 is 9.29 Å². The Morgan fingerprint density at radius 3 is 2.52 bits per heavy atom. The van der Waals surface area contributed by atoms with Crippen molar-refractivity contribution in [3.63, 3.8) is 0 Å². The average molecular weight is 354 g/mol. The third-order valence-electron chi connectivity index (χ3n) is 4.09. The average Bonchev–Trinajstić information content (AvgIpc) is 2.59. The first-order valence-corrected chi connectivity index (χ1v) is 9.73. The Morgan fingerprint density at radius 1 is 1.04 bits per heavy atom. The molecule has 1 atom stereocenters. The third kappa shape index (κ3) is 4.17. The molecule has 1 unspecified atom stereocenters. The SMILES string of the molecule is CCCn1c(=O)ccc2cc(NS(=O)Cc3ccc(C)cc3)ccc21. The zero-order valence-corrected chi connectivity index (χ0v) is 15.3. The van der Waals surface area contributed by atoms with E-state index in [1.165, 1.54) is 5.56 Å². The fourth-order valence-electron chi connectivity index (χ4n) is 2.82. The van der Waals surface area contributed by atoms with Crippen LogP contribution in [0.5, 0.6) is 0 Å². The van der Waals surface area contributed by atoms with E-state index in [1.807, 2.05) is 55.5 Å². The third-order valence-corrected chi connectivity index (χ3v) is 5.15. The van der Waals surface area contributed by atoms with E-state index in [0.717, 1.165) is 28.6 Å². The molecular weight excluding hydrogens is 332 g/mol. The van der Waals surface area contributed by atoms with Gasteiger partial charge in [0.1, 0.15) is 11.0 Å². The second-order valence-corrected chi connectivity index (χ2v) is 7.36. The minimum Gasteiger partial charge on any atom is -0.308 e.